The molecule has 3 nitrogen and oxygen atoms in total. The van der Waals surface area contributed by atoms with Crippen LogP contribution in [0.2, 0.25) is 0 Å². The highest BCUT2D eigenvalue weighted by Crippen LogP contribution is 2.21. The molecule has 0 unspecified atom stereocenters. The molecule has 0 spiro atoms. The van der Waals surface area contributed by atoms with Crippen LogP contribution in [0.3, 0.4) is 0 Å². The van der Waals surface area contributed by atoms with Crippen molar-refractivity contribution in [3.8, 4) is 11.1 Å². The molecule has 1 N–H and O–H groups in total. The summed E-state index contributed by atoms with van der Waals surface area (Å²) in [5, 5.41) is 2.66. The Balaban J connectivity index is 2.28. The SMILES string of the molecule is CCNC(=O)c1ccc(-c2ccccc2F)cn1. The third kappa shape index (κ3) is 2.53. The summed E-state index contributed by atoms with van der Waals surface area (Å²) in [7, 11) is 0. The smallest absolute Gasteiger partial charge is 0.269 e. The van der Waals surface area contributed by atoms with Crippen LogP contribution in [0.15, 0.2) is 42.6 Å². The zero-order valence-electron chi connectivity index (χ0n) is 9.98. The quantitative estimate of drug-likeness (QED) is 0.901. The van der Waals surface area contributed by atoms with Crippen molar-refractivity contribution in [2.24, 2.45) is 0 Å². The summed E-state index contributed by atoms with van der Waals surface area (Å²) in [4.78, 5) is 15.5. The van der Waals surface area contributed by atoms with Crippen molar-refractivity contribution < 1.29 is 9.18 Å². The van der Waals surface area contributed by atoms with Gasteiger partial charge in [-0.15, -0.1) is 0 Å². The molecule has 2 aromatic rings. The number of halogens is 1. The van der Waals surface area contributed by atoms with Gasteiger partial charge in [-0.3, -0.25) is 9.78 Å². The van der Waals surface area contributed by atoms with E-state index in [4.69, 9.17) is 0 Å². The van der Waals surface area contributed by atoms with Crippen molar-refractivity contribution in [3.05, 3.63) is 54.1 Å². The number of rotatable bonds is 3. The maximum Gasteiger partial charge on any atom is 0.269 e. The second-order valence-corrected chi connectivity index (χ2v) is 3.77. The minimum atomic E-state index is -0.301. The fraction of sp³-hybridized carbons (Fsp3) is 0.143. The number of aromatic nitrogens is 1. The molecular weight excluding hydrogens is 231 g/mol. The molecule has 1 heterocycles. The maximum atomic E-state index is 13.5. The fourth-order valence-electron chi connectivity index (χ4n) is 1.63. The van der Waals surface area contributed by atoms with Crippen molar-refractivity contribution in [2.45, 2.75) is 6.92 Å². The molecule has 0 radical (unpaired) electrons. The molecule has 0 atom stereocenters. The first-order valence-electron chi connectivity index (χ1n) is 5.71. The number of nitrogens with zero attached hydrogens (tertiary/aromatic N) is 1. The van der Waals surface area contributed by atoms with Gasteiger partial charge in [-0.25, -0.2) is 4.39 Å². The van der Waals surface area contributed by atoms with Crippen LogP contribution in [0, 0.1) is 5.82 Å². The Morgan fingerprint density at radius 2 is 2.06 bits per heavy atom. The van der Waals surface area contributed by atoms with Gasteiger partial charge in [0.25, 0.3) is 5.91 Å². The van der Waals surface area contributed by atoms with E-state index in [-0.39, 0.29) is 11.7 Å². The van der Waals surface area contributed by atoms with Crippen LogP contribution in [0.4, 0.5) is 4.39 Å². The molecule has 0 aliphatic rings. The van der Waals surface area contributed by atoms with Gasteiger partial charge >= 0.3 is 0 Å². The van der Waals surface area contributed by atoms with Crippen molar-refractivity contribution >= 4 is 5.91 Å². The van der Waals surface area contributed by atoms with Crippen LogP contribution >= 0.6 is 0 Å². The minimum Gasteiger partial charge on any atom is -0.351 e. The summed E-state index contributed by atoms with van der Waals surface area (Å²) in [6, 6.07) is 9.75. The first kappa shape index (κ1) is 12.2. The van der Waals surface area contributed by atoms with Gasteiger partial charge in [0.05, 0.1) is 0 Å². The third-order valence-electron chi connectivity index (χ3n) is 2.52. The van der Waals surface area contributed by atoms with Gasteiger partial charge in [-0.1, -0.05) is 24.3 Å². The second kappa shape index (κ2) is 5.40. The molecule has 2 rings (SSSR count). The molecule has 1 aromatic carbocycles. The summed E-state index contributed by atoms with van der Waals surface area (Å²) in [6.07, 6.45) is 1.50. The van der Waals surface area contributed by atoms with E-state index in [1.807, 2.05) is 6.92 Å². The molecule has 0 aliphatic heterocycles. The highest BCUT2D eigenvalue weighted by atomic mass is 19.1. The van der Waals surface area contributed by atoms with E-state index in [2.05, 4.69) is 10.3 Å². The van der Waals surface area contributed by atoms with E-state index >= 15 is 0 Å². The van der Waals surface area contributed by atoms with Crippen LogP contribution in [0.5, 0.6) is 0 Å². The number of pyridine rings is 1. The molecule has 0 aliphatic carbocycles. The minimum absolute atomic E-state index is 0.224. The molecule has 1 aromatic heterocycles. The molecule has 0 saturated heterocycles. The molecule has 1 amide bonds. The molecule has 4 heteroatoms. The van der Waals surface area contributed by atoms with Gasteiger partial charge in [0.15, 0.2) is 0 Å². The van der Waals surface area contributed by atoms with E-state index in [1.165, 1.54) is 12.3 Å². The average Bonchev–Trinajstić information content (AvgIpc) is 2.40. The van der Waals surface area contributed by atoms with Crippen LogP contribution in [-0.4, -0.2) is 17.4 Å². The van der Waals surface area contributed by atoms with Gasteiger partial charge < -0.3 is 5.32 Å². The number of carbonyl (C=O) groups is 1. The predicted molar refractivity (Wildman–Crippen MR) is 67.6 cm³/mol. The highest BCUT2D eigenvalue weighted by Gasteiger charge is 2.08. The van der Waals surface area contributed by atoms with Gasteiger partial charge in [-0.2, -0.15) is 0 Å². The molecule has 92 valence electrons. The average molecular weight is 244 g/mol. The molecule has 18 heavy (non-hydrogen) atoms. The van der Waals surface area contributed by atoms with Gasteiger partial charge in [0.1, 0.15) is 11.5 Å². The van der Waals surface area contributed by atoms with Gasteiger partial charge in [0, 0.05) is 23.9 Å². The summed E-state index contributed by atoms with van der Waals surface area (Å²) in [5.41, 5.74) is 1.46. The number of benzene rings is 1. The zero-order valence-corrected chi connectivity index (χ0v) is 9.98. The molecular formula is C14H13FN2O. The van der Waals surface area contributed by atoms with Crippen molar-refractivity contribution in [3.63, 3.8) is 0 Å². The van der Waals surface area contributed by atoms with Crippen LogP contribution in [-0.2, 0) is 0 Å². The van der Waals surface area contributed by atoms with E-state index in [1.54, 1.807) is 30.3 Å². The number of hydrogen-bond acceptors (Lipinski definition) is 2. The maximum absolute atomic E-state index is 13.5. The number of carbonyl (C=O) groups excluding carboxylic acids is 1. The third-order valence-corrected chi connectivity index (χ3v) is 2.52. The number of hydrogen-bond donors (Lipinski definition) is 1. The lowest BCUT2D eigenvalue weighted by Crippen LogP contribution is -2.23. The lowest BCUT2D eigenvalue weighted by Gasteiger charge is -2.04. The summed E-state index contributed by atoms with van der Waals surface area (Å²) >= 11 is 0. The fourth-order valence-corrected chi connectivity index (χ4v) is 1.63. The monoisotopic (exact) mass is 244 g/mol. The Morgan fingerprint density at radius 1 is 1.28 bits per heavy atom. The topological polar surface area (TPSA) is 42.0 Å². The zero-order chi connectivity index (χ0) is 13.0. The summed E-state index contributed by atoms with van der Waals surface area (Å²) < 4.78 is 13.5. The normalized spacial score (nSPS) is 10.1. The standard InChI is InChI=1S/C14H13FN2O/c1-2-16-14(18)13-8-7-10(9-17-13)11-5-3-4-6-12(11)15/h3-9H,2H2,1H3,(H,16,18). The van der Waals surface area contributed by atoms with Gasteiger partial charge in [0.2, 0.25) is 0 Å². The predicted octanol–water partition coefficient (Wildman–Crippen LogP) is 2.64. The first-order chi connectivity index (χ1) is 8.72. The number of amides is 1. The number of nitrogens with one attached hydrogen (secondary N) is 1. The molecule has 0 saturated carbocycles. The largest absolute Gasteiger partial charge is 0.351 e. The van der Waals surface area contributed by atoms with E-state index in [0.29, 0.717) is 23.4 Å². The molecule has 0 fully saturated rings. The Morgan fingerprint density at radius 3 is 2.67 bits per heavy atom. The van der Waals surface area contributed by atoms with E-state index in [9.17, 15) is 9.18 Å². The lowest BCUT2D eigenvalue weighted by atomic mass is 10.1. The van der Waals surface area contributed by atoms with Crippen molar-refractivity contribution in [2.75, 3.05) is 6.54 Å². The lowest BCUT2D eigenvalue weighted by molar-refractivity contribution is 0.0951. The first-order valence-corrected chi connectivity index (χ1v) is 5.71. The Kier molecular flexibility index (Phi) is 3.67. The Hall–Kier alpha value is -2.23. The Labute approximate surface area is 105 Å². The van der Waals surface area contributed by atoms with Gasteiger partial charge in [-0.05, 0) is 19.1 Å². The van der Waals surface area contributed by atoms with E-state index < -0.39 is 0 Å². The van der Waals surface area contributed by atoms with Crippen molar-refractivity contribution in [1.82, 2.24) is 10.3 Å². The second-order valence-electron chi connectivity index (χ2n) is 3.77. The Bertz CT molecular complexity index is 552. The van der Waals surface area contributed by atoms with Crippen LogP contribution in [0.1, 0.15) is 17.4 Å². The van der Waals surface area contributed by atoms with E-state index in [0.717, 1.165) is 0 Å². The van der Waals surface area contributed by atoms with Crippen LogP contribution in [0.25, 0.3) is 11.1 Å². The summed E-state index contributed by atoms with van der Waals surface area (Å²) in [6.45, 7) is 2.39. The van der Waals surface area contributed by atoms with Crippen molar-refractivity contribution in [1.29, 1.82) is 0 Å². The van der Waals surface area contributed by atoms with Crippen LogP contribution < -0.4 is 5.32 Å². The molecule has 0 bridgehead atoms. The highest BCUT2D eigenvalue weighted by molar-refractivity contribution is 5.92. The summed E-state index contributed by atoms with van der Waals surface area (Å²) in [5.74, 6) is -0.525.